The smallest absolute Gasteiger partial charge is 0.246 e. The van der Waals surface area contributed by atoms with Crippen molar-refractivity contribution in [3.05, 3.63) is 29.6 Å². The second-order valence-electron chi connectivity index (χ2n) is 3.71. The van der Waals surface area contributed by atoms with E-state index < -0.39 is 5.82 Å². The summed E-state index contributed by atoms with van der Waals surface area (Å²) in [5.74, 6) is -1.06. The van der Waals surface area contributed by atoms with Gasteiger partial charge in [0.15, 0.2) is 0 Å². The van der Waals surface area contributed by atoms with E-state index in [1.165, 1.54) is 12.1 Å². The molecule has 1 heterocycles. The van der Waals surface area contributed by atoms with Gasteiger partial charge in [-0.05, 0) is 24.6 Å². The Balaban J connectivity index is 2.35. The highest BCUT2D eigenvalue weighted by Crippen LogP contribution is 2.21. The minimum atomic E-state index is -0.483. The number of benzene rings is 1. The molecule has 2 rings (SSSR count). The second kappa shape index (κ2) is 3.92. The summed E-state index contributed by atoms with van der Waals surface area (Å²) >= 11 is 0. The summed E-state index contributed by atoms with van der Waals surface area (Å²) in [7, 11) is 0. The Morgan fingerprint density at radius 1 is 1.38 bits per heavy atom. The number of hydrogen-bond donors (Lipinski definition) is 1. The summed E-state index contributed by atoms with van der Waals surface area (Å²) in [5, 5.41) is 2.41. The number of halogens is 1. The van der Waals surface area contributed by atoms with Crippen molar-refractivity contribution in [2.45, 2.75) is 6.92 Å². The Kier molecular flexibility index (Phi) is 2.60. The average Bonchev–Trinajstić information content (AvgIpc) is 2.22. The SMILES string of the molecule is Cc1ccc(N2CC(=O)NCC2=O)c(F)c1. The topological polar surface area (TPSA) is 49.4 Å². The highest BCUT2D eigenvalue weighted by Gasteiger charge is 2.26. The maximum atomic E-state index is 13.6. The molecule has 1 saturated heterocycles. The van der Waals surface area contributed by atoms with Gasteiger partial charge in [-0.2, -0.15) is 0 Å². The molecule has 0 saturated carbocycles. The molecular formula is C11H11FN2O2. The third-order valence-corrected chi connectivity index (χ3v) is 2.43. The average molecular weight is 222 g/mol. The van der Waals surface area contributed by atoms with Crippen molar-refractivity contribution in [1.29, 1.82) is 0 Å². The Morgan fingerprint density at radius 2 is 2.12 bits per heavy atom. The van der Waals surface area contributed by atoms with Gasteiger partial charge in [0.1, 0.15) is 12.4 Å². The lowest BCUT2D eigenvalue weighted by molar-refractivity contribution is -0.128. The molecule has 0 bridgehead atoms. The van der Waals surface area contributed by atoms with Crippen molar-refractivity contribution in [2.75, 3.05) is 18.0 Å². The number of piperazine rings is 1. The van der Waals surface area contributed by atoms with Crippen molar-refractivity contribution in [1.82, 2.24) is 5.32 Å². The molecule has 0 aromatic heterocycles. The second-order valence-corrected chi connectivity index (χ2v) is 3.71. The van der Waals surface area contributed by atoms with Crippen LogP contribution in [0.4, 0.5) is 10.1 Å². The Bertz CT molecular complexity index is 459. The molecule has 0 spiro atoms. The predicted octanol–water partition coefficient (Wildman–Crippen LogP) is 0.597. The first-order chi connectivity index (χ1) is 7.58. The minimum Gasteiger partial charge on any atom is -0.345 e. The fraction of sp³-hybridized carbons (Fsp3) is 0.273. The Hall–Kier alpha value is -1.91. The third kappa shape index (κ3) is 1.88. The van der Waals surface area contributed by atoms with Crippen LogP contribution in [0, 0.1) is 12.7 Å². The number of nitrogens with zero attached hydrogens (tertiary/aromatic N) is 1. The van der Waals surface area contributed by atoms with E-state index in [0.29, 0.717) is 0 Å². The van der Waals surface area contributed by atoms with Crippen LogP contribution in [0.15, 0.2) is 18.2 Å². The molecule has 1 aromatic carbocycles. The fourth-order valence-electron chi connectivity index (χ4n) is 1.61. The van der Waals surface area contributed by atoms with E-state index in [1.807, 2.05) is 0 Å². The molecule has 1 aliphatic rings. The van der Waals surface area contributed by atoms with Gasteiger partial charge in [-0.1, -0.05) is 6.07 Å². The highest BCUT2D eigenvalue weighted by atomic mass is 19.1. The van der Waals surface area contributed by atoms with Crippen LogP contribution in [0.25, 0.3) is 0 Å². The van der Waals surface area contributed by atoms with Gasteiger partial charge in [-0.3, -0.25) is 14.5 Å². The molecule has 0 aliphatic carbocycles. The number of aryl methyl sites for hydroxylation is 1. The van der Waals surface area contributed by atoms with Crippen molar-refractivity contribution in [3.8, 4) is 0 Å². The van der Waals surface area contributed by atoms with Crippen molar-refractivity contribution in [2.24, 2.45) is 0 Å². The maximum absolute atomic E-state index is 13.6. The molecule has 2 amide bonds. The minimum absolute atomic E-state index is 0.0772. The van der Waals surface area contributed by atoms with Crippen LogP contribution < -0.4 is 10.2 Å². The third-order valence-electron chi connectivity index (χ3n) is 2.43. The number of rotatable bonds is 1. The lowest BCUT2D eigenvalue weighted by Crippen LogP contribution is -2.52. The normalized spacial score (nSPS) is 16.2. The molecule has 5 heteroatoms. The highest BCUT2D eigenvalue weighted by molar-refractivity contribution is 6.04. The van der Waals surface area contributed by atoms with E-state index in [0.717, 1.165) is 10.5 Å². The number of nitrogens with one attached hydrogen (secondary N) is 1. The summed E-state index contributed by atoms with van der Waals surface area (Å²) in [6, 6.07) is 4.56. The predicted molar refractivity (Wildman–Crippen MR) is 56.5 cm³/mol. The van der Waals surface area contributed by atoms with Gasteiger partial charge in [-0.25, -0.2) is 4.39 Å². The van der Waals surface area contributed by atoms with Gasteiger partial charge >= 0.3 is 0 Å². The van der Waals surface area contributed by atoms with Gasteiger partial charge in [0.2, 0.25) is 11.8 Å². The molecule has 0 atom stereocenters. The van der Waals surface area contributed by atoms with Crippen molar-refractivity contribution in [3.63, 3.8) is 0 Å². The molecule has 1 N–H and O–H groups in total. The summed E-state index contributed by atoms with van der Waals surface area (Å²) in [4.78, 5) is 23.8. The molecule has 84 valence electrons. The monoisotopic (exact) mass is 222 g/mol. The van der Waals surface area contributed by atoms with Crippen LogP contribution in [-0.4, -0.2) is 24.9 Å². The van der Waals surface area contributed by atoms with Gasteiger partial charge < -0.3 is 5.32 Å². The first kappa shape index (κ1) is 10.6. The lowest BCUT2D eigenvalue weighted by Gasteiger charge is -2.26. The Labute approximate surface area is 92.0 Å². The molecule has 0 unspecified atom stereocenters. The number of hydrogen-bond acceptors (Lipinski definition) is 2. The molecule has 16 heavy (non-hydrogen) atoms. The number of anilines is 1. The standard InChI is InChI=1S/C11H11FN2O2/c1-7-2-3-9(8(12)4-7)14-6-10(15)13-5-11(14)16/h2-4H,5-6H2,1H3,(H,13,15). The van der Waals surface area contributed by atoms with Crippen LogP contribution in [0.3, 0.4) is 0 Å². The molecular weight excluding hydrogens is 211 g/mol. The van der Waals surface area contributed by atoms with Crippen LogP contribution in [0.1, 0.15) is 5.56 Å². The molecule has 1 aromatic rings. The van der Waals surface area contributed by atoms with E-state index in [2.05, 4.69) is 5.32 Å². The number of amides is 2. The van der Waals surface area contributed by atoms with Gasteiger partial charge in [0.25, 0.3) is 0 Å². The largest absolute Gasteiger partial charge is 0.345 e. The zero-order chi connectivity index (χ0) is 11.7. The van der Waals surface area contributed by atoms with Gasteiger partial charge in [-0.15, -0.1) is 0 Å². The van der Waals surface area contributed by atoms with E-state index in [9.17, 15) is 14.0 Å². The van der Waals surface area contributed by atoms with E-state index in [4.69, 9.17) is 0 Å². The van der Waals surface area contributed by atoms with Crippen molar-refractivity contribution >= 4 is 17.5 Å². The first-order valence-corrected chi connectivity index (χ1v) is 4.91. The van der Waals surface area contributed by atoms with Crippen LogP contribution >= 0.6 is 0 Å². The van der Waals surface area contributed by atoms with Crippen molar-refractivity contribution < 1.29 is 14.0 Å². The van der Waals surface area contributed by atoms with Gasteiger partial charge in [0, 0.05) is 0 Å². The van der Waals surface area contributed by atoms with E-state index in [-0.39, 0.29) is 30.6 Å². The summed E-state index contributed by atoms with van der Waals surface area (Å²) in [6.07, 6.45) is 0. The van der Waals surface area contributed by atoms with E-state index in [1.54, 1.807) is 13.0 Å². The quantitative estimate of drug-likeness (QED) is 0.756. The summed E-state index contributed by atoms with van der Waals surface area (Å²) < 4.78 is 13.6. The molecule has 1 fully saturated rings. The summed E-state index contributed by atoms with van der Waals surface area (Å²) in [6.45, 7) is 1.56. The first-order valence-electron chi connectivity index (χ1n) is 4.91. The number of carbonyl (C=O) groups excluding carboxylic acids is 2. The summed E-state index contributed by atoms with van der Waals surface area (Å²) in [5.41, 5.74) is 0.931. The molecule has 4 nitrogen and oxygen atoms in total. The zero-order valence-electron chi connectivity index (χ0n) is 8.79. The molecule has 1 aliphatic heterocycles. The van der Waals surface area contributed by atoms with Crippen LogP contribution in [-0.2, 0) is 9.59 Å². The zero-order valence-corrected chi connectivity index (χ0v) is 8.79. The van der Waals surface area contributed by atoms with Gasteiger partial charge in [0.05, 0.1) is 12.2 Å². The van der Waals surface area contributed by atoms with E-state index >= 15 is 0 Å². The van der Waals surface area contributed by atoms with Crippen LogP contribution in [0.2, 0.25) is 0 Å². The fourth-order valence-corrected chi connectivity index (χ4v) is 1.61. The Morgan fingerprint density at radius 3 is 2.81 bits per heavy atom. The maximum Gasteiger partial charge on any atom is 0.246 e. The van der Waals surface area contributed by atoms with Crippen LogP contribution in [0.5, 0.6) is 0 Å². The molecule has 0 radical (unpaired) electrons. The lowest BCUT2D eigenvalue weighted by atomic mass is 10.2. The number of carbonyl (C=O) groups is 2.